The second-order valence-corrected chi connectivity index (χ2v) is 6.26. The highest BCUT2D eigenvalue weighted by atomic mass is 35.5. The summed E-state index contributed by atoms with van der Waals surface area (Å²) in [4.78, 5) is 14.3. The number of halogens is 1. The second-order valence-electron chi connectivity index (χ2n) is 5.86. The molecule has 0 N–H and O–H groups in total. The predicted molar refractivity (Wildman–Crippen MR) is 81.0 cm³/mol. The maximum atomic E-state index is 12.3. The van der Waals surface area contributed by atoms with Gasteiger partial charge in [-0.3, -0.25) is 4.79 Å². The molecule has 0 radical (unpaired) electrons. The van der Waals surface area contributed by atoms with Crippen LogP contribution in [0.25, 0.3) is 0 Å². The molecule has 1 aliphatic rings. The van der Waals surface area contributed by atoms with Gasteiger partial charge >= 0.3 is 0 Å². The molecule has 1 saturated heterocycles. The van der Waals surface area contributed by atoms with E-state index in [-0.39, 0.29) is 11.4 Å². The zero-order chi connectivity index (χ0) is 14.6. The Balaban J connectivity index is 1.85. The van der Waals surface area contributed by atoms with Crippen LogP contribution in [-0.2, 0) is 16.0 Å². The Morgan fingerprint density at radius 2 is 2.15 bits per heavy atom. The quantitative estimate of drug-likeness (QED) is 0.853. The lowest BCUT2D eigenvalue weighted by molar-refractivity contribution is -0.146. The molecular formula is C16H22ClNO2. The summed E-state index contributed by atoms with van der Waals surface area (Å²) in [6, 6.07) is 7.82. The highest BCUT2D eigenvalue weighted by molar-refractivity contribution is 6.31. The first-order valence-corrected chi connectivity index (χ1v) is 7.50. The Labute approximate surface area is 125 Å². The maximum absolute atomic E-state index is 12.3. The Bertz CT molecular complexity index is 473. The molecular weight excluding hydrogens is 274 g/mol. The molecule has 0 aromatic heterocycles. The lowest BCUT2D eigenvalue weighted by Gasteiger charge is -2.42. The van der Waals surface area contributed by atoms with Crippen LogP contribution in [0.5, 0.6) is 0 Å². The average Bonchev–Trinajstić information content (AvgIpc) is 2.40. The van der Waals surface area contributed by atoms with Gasteiger partial charge < -0.3 is 9.64 Å². The lowest BCUT2D eigenvalue weighted by Crippen LogP contribution is -2.55. The Morgan fingerprint density at radius 1 is 1.40 bits per heavy atom. The molecule has 1 heterocycles. The summed E-state index contributed by atoms with van der Waals surface area (Å²) >= 11 is 6.12. The largest absolute Gasteiger partial charge is 0.377 e. The Hall–Kier alpha value is -1.06. The van der Waals surface area contributed by atoms with Crippen molar-refractivity contribution in [2.75, 3.05) is 19.8 Å². The number of rotatable bonds is 4. The van der Waals surface area contributed by atoms with Crippen LogP contribution in [-0.4, -0.2) is 36.1 Å². The van der Waals surface area contributed by atoms with Crippen LogP contribution in [0.4, 0.5) is 0 Å². The summed E-state index contributed by atoms with van der Waals surface area (Å²) in [5, 5.41) is 0.784. The van der Waals surface area contributed by atoms with E-state index in [9.17, 15) is 4.79 Å². The fraction of sp³-hybridized carbons (Fsp3) is 0.562. The van der Waals surface area contributed by atoms with E-state index in [2.05, 4.69) is 13.8 Å². The van der Waals surface area contributed by atoms with Gasteiger partial charge in [0.25, 0.3) is 0 Å². The monoisotopic (exact) mass is 295 g/mol. The normalized spacial score (nSPS) is 18.1. The summed E-state index contributed by atoms with van der Waals surface area (Å²) in [5.74, 6) is 0.213. The minimum Gasteiger partial charge on any atom is -0.377 e. The van der Waals surface area contributed by atoms with Gasteiger partial charge in [0.05, 0.1) is 18.8 Å². The second kappa shape index (κ2) is 6.59. The first-order valence-electron chi connectivity index (χ1n) is 7.12. The van der Waals surface area contributed by atoms with Crippen LogP contribution in [0.1, 0.15) is 32.3 Å². The summed E-state index contributed by atoms with van der Waals surface area (Å²) < 4.78 is 5.44. The van der Waals surface area contributed by atoms with Crippen molar-refractivity contribution in [1.82, 2.24) is 4.90 Å². The number of aryl methyl sites for hydroxylation is 1. The van der Waals surface area contributed by atoms with E-state index in [1.54, 1.807) is 0 Å². The number of nitrogens with zero attached hydrogens (tertiary/aromatic N) is 1. The summed E-state index contributed by atoms with van der Waals surface area (Å²) in [6.45, 7) is 6.05. The number of ether oxygens (including phenoxy) is 1. The molecule has 0 saturated carbocycles. The molecule has 1 aromatic carbocycles. The minimum absolute atomic E-state index is 0.195. The molecule has 2 rings (SSSR count). The maximum Gasteiger partial charge on any atom is 0.223 e. The van der Waals surface area contributed by atoms with Gasteiger partial charge in [-0.2, -0.15) is 0 Å². The lowest BCUT2D eigenvalue weighted by atomic mass is 10.0. The minimum atomic E-state index is -0.195. The first kappa shape index (κ1) is 15.3. The molecule has 20 heavy (non-hydrogen) atoms. The summed E-state index contributed by atoms with van der Waals surface area (Å²) in [7, 11) is 0. The van der Waals surface area contributed by atoms with Crippen molar-refractivity contribution in [3.8, 4) is 0 Å². The standard InChI is InChI=1S/C16H22ClNO2/c1-16(2)12-20-11-10-18(16)15(19)9-5-7-13-6-3-4-8-14(13)17/h3-4,6,8H,5,7,9-12H2,1-2H3. The van der Waals surface area contributed by atoms with Crippen LogP contribution in [0, 0.1) is 0 Å². The van der Waals surface area contributed by atoms with E-state index < -0.39 is 0 Å². The number of hydrogen-bond donors (Lipinski definition) is 0. The SMILES string of the molecule is CC1(C)COCCN1C(=O)CCCc1ccccc1Cl. The van der Waals surface area contributed by atoms with Crippen molar-refractivity contribution in [1.29, 1.82) is 0 Å². The molecule has 1 aliphatic heterocycles. The van der Waals surface area contributed by atoms with Crippen molar-refractivity contribution in [2.45, 2.75) is 38.6 Å². The van der Waals surface area contributed by atoms with E-state index in [1.807, 2.05) is 29.2 Å². The van der Waals surface area contributed by atoms with E-state index in [4.69, 9.17) is 16.3 Å². The molecule has 0 unspecified atom stereocenters. The van der Waals surface area contributed by atoms with Crippen molar-refractivity contribution < 1.29 is 9.53 Å². The third kappa shape index (κ3) is 3.74. The molecule has 3 nitrogen and oxygen atoms in total. The molecule has 4 heteroatoms. The molecule has 1 aromatic rings. The Kier molecular flexibility index (Phi) is 5.06. The van der Waals surface area contributed by atoms with Gasteiger partial charge in [-0.15, -0.1) is 0 Å². The zero-order valence-electron chi connectivity index (χ0n) is 12.2. The van der Waals surface area contributed by atoms with Gasteiger partial charge in [0, 0.05) is 18.0 Å². The molecule has 1 amide bonds. The topological polar surface area (TPSA) is 29.5 Å². The molecule has 0 bridgehead atoms. The number of carbonyl (C=O) groups excluding carboxylic acids is 1. The number of carbonyl (C=O) groups is 1. The van der Waals surface area contributed by atoms with Crippen LogP contribution in [0.15, 0.2) is 24.3 Å². The fourth-order valence-corrected chi connectivity index (χ4v) is 2.82. The van der Waals surface area contributed by atoms with Crippen molar-refractivity contribution in [3.05, 3.63) is 34.9 Å². The van der Waals surface area contributed by atoms with Gasteiger partial charge in [-0.05, 0) is 38.3 Å². The van der Waals surface area contributed by atoms with E-state index in [0.717, 1.165) is 23.4 Å². The molecule has 0 atom stereocenters. The van der Waals surface area contributed by atoms with Gasteiger partial charge in [-0.25, -0.2) is 0 Å². The van der Waals surface area contributed by atoms with E-state index in [0.29, 0.717) is 26.2 Å². The predicted octanol–water partition coefficient (Wildman–Crippen LogP) is 3.30. The fourth-order valence-electron chi connectivity index (χ4n) is 2.59. The zero-order valence-corrected chi connectivity index (χ0v) is 12.9. The summed E-state index contributed by atoms with van der Waals surface area (Å²) in [5.41, 5.74) is 0.919. The van der Waals surface area contributed by atoms with Crippen LogP contribution in [0.2, 0.25) is 5.02 Å². The first-order chi connectivity index (χ1) is 9.50. The van der Waals surface area contributed by atoms with Crippen molar-refractivity contribution in [3.63, 3.8) is 0 Å². The molecule has 1 fully saturated rings. The number of hydrogen-bond acceptors (Lipinski definition) is 2. The van der Waals surface area contributed by atoms with Gasteiger partial charge in [0.15, 0.2) is 0 Å². The molecule has 110 valence electrons. The van der Waals surface area contributed by atoms with E-state index >= 15 is 0 Å². The number of amides is 1. The number of morpholine rings is 1. The van der Waals surface area contributed by atoms with Gasteiger partial charge in [0.2, 0.25) is 5.91 Å². The highest BCUT2D eigenvalue weighted by Gasteiger charge is 2.33. The van der Waals surface area contributed by atoms with Crippen LogP contribution >= 0.6 is 11.6 Å². The average molecular weight is 296 g/mol. The highest BCUT2D eigenvalue weighted by Crippen LogP contribution is 2.22. The van der Waals surface area contributed by atoms with Crippen molar-refractivity contribution >= 4 is 17.5 Å². The number of benzene rings is 1. The molecule has 0 aliphatic carbocycles. The summed E-state index contributed by atoms with van der Waals surface area (Å²) in [6.07, 6.45) is 2.24. The van der Waals surface area contributed by atoms with Crippen molar-refractivity contribution in [2.24, 2.45) is 0 Å². The van der Waals surface area contributed by atoms with E-state index in [1.165, 1.54) is 0 Å². The smallest absolute Gasteiger partial charge is 0.223 e. The van der Waals surface area contributed by atoms with Crippen LogP contribution in [0.3, 0.4) is 0 Å². The van der Waals surface area contributed by atoms with Gasteiger partial charge in [-0.1, -0.05) is 29.8 Å². The third-order valence-electron chi connectivity index (χ3n) is 3.74. The Morgan fingerprint density at radius 3 is 2.85 bits per heavy atom. The van der Waals surface area contributed by atoms with Crippen LogP contribution < -0.4 is 0 Å². The molecule has 0 spiro atoms. The third-order valence-corrected chi connectivity index (χ3v) is 4.11. The van der Waals surface area contributed by atoms with Gasteiger partial charge in [0.1, 0.15) is 0 Å².